The van der Waals surface area contributed by atoms with Crippen molar-refractivity contribution in [1.82, 2.24) is 4.98 Å². The number of aliphatic hydroxyl groups excluding tert-OH is 2. The lowest BCUT2D eigenvalue weighted by Gasteiger charge is -2.10. The Labute approximate surface area is 141 Å². The van der Waals surface area contributed by atoms with E-state index in [9.17, 15) is 14.3 Å². The second-order valence-corrected chi connectivity index (χ2v) is 5.74. The highest BCUT2D eigenvalue weighted by atomic mass is 35.5. The normalized spacial score (nSPS) is 12.3. The Balaban J connectivity index is 1.83. The molecule has 0 fully saturated rings. The first-order valence-electron chi connectivity index (χ1n) is 7.16. The molecule has 0 aliphatic carbocycles. The van der Waals surface area contributed by atoms with Crippen LogP contribution in [0.3, 0.4) is 0 Å². The van der Waals surface area contributed by atoms with Gasteiger partial charge < -0.3 is 20.5 Å². The van der Waals surface area contributed by atoms with Crippen LogP contribution in [0, 0.1) is 5.82 Å². The lowest BCUT2D eigenvalue weighted by atomic mass is 10.1. The highest BCUT2D eigenvalue weighted by Crippen LogP contribution is 2.23. The molecule has 0 radical (unpaired) electrons. The van der Waals surface area contributed by atoms with Gasteiger partial charge in [0.1, 0.15) is 17.6 Å². The van der Waals surface area contributed by atoms with E-state index in [2.05, 4.69) is 10.3 Å². The number of hydrogen-bond acceptors (Lipinski definition) is 3. The fourth-order valence-electron chi connectivity index (χ4n) is 2.36. The van der Waals surface area contributed by atoms with Gasteiger partial charge in [-0.3, -0.25) is 4.79 Å². The summed E-state index contributed by atoms with van der Waals surface area (Å²) in [5, 5.41) is 22.2. The maximum absolute atomic E-state index is 14.0. The van der Waals surface area contributed by atoms with Crippen molar-refractivity contribution < 1.29 is 19.4 Å². The smallest absolute Gasteiger partial charge is 0.272 e. The van der Waals surface area contributed by atoms with Gasteiger partial charge in [-0.1, -0.05) is 17.7 Å². The molecule has 1 atom stereocenters. The zero-order valence-electron chi connectivity index (χ0n) is 12.4. The summed E-state index contributed by atoms with van der Waals surface area (Å²) in [6.45, 7) is -0.511. The van der Waals surface area contributed by atoms with Crippen LogP contribution < -0.4 is 5.32 Å². The number of fused-ring (bicyclic) bond motifs is 1. The van der Waals surface area contributed by atoms with Crippen LogP contribution in [0.4, 0.5) is 10.1 Å². The van der Waals surface area contributed by atoms with Gasteiger partial charge in [0.25, 0.3) is 5.91 Å². The summed E-state index contributed by atoms with van der Waals surface area (Å²) in [5.74, 6) is -1.20. The highest BCUT2D eigenvalue weighted by Gasteiger charge is 2.14. The average Bonchev–Trinajstić information content (AvgIpc) is 2.99. The minimum absolute atomic E-state index is 0.0226. The Hall–Kier alpha value is -2.41. The van der Waals surface area contributed by atoms with Gasteiger partial charge in [0.05, 0.1) is 12.3 Å². The number of carbonyl (C=O) groups is 1. The van der Waals surface area contributed by atoms with Crippen LogP contribution in [0.15, 0.2) is 42.5 Å². The van der Waals surface area contributed by atoms with Gasteiger partial charge >= 0.3 is 0 Å². The number of hydrogen-bond donors (Lipinski definition) is 4. The van der Waals surface area contributed by atoms with Gasteiger partial charge in [0.2, 0.25) is 0 Å². The topological polar surface area (TPSA) is 85.3 Å². The van der Waals surface area contributed by atoms with Crippen molar-refractivity contribution in [3.05, 3.63) is 64.6 Å². The number of aromatic nitrogens is 1. The Morgan fingerprint density at radius 3 is 2.75 bits per heavy atom. The van der Waals surface area contributed by atoms with E-state index in [0.717, 1.165) is 17.0 Å². The minimum Gasteiger partial charge on any atom is -0.393 e. The molecule has 0 saturated carbocycles. The number of aromatic amines is 1. The fraction of sp³-hybridized carbons (Fsp3) is 0.118. The first kappa shape index (κ1) is 16.4. The van der Waals surface area contributed by atoms with E-state index in [4.69, 9.17) is 16.7 Å². The second-order valence-electron chi connectivity index (χ2n) is 5.31. The van der Waals surface area contributed by atoms with E-state index < -0.39 is 24.4 Å². The molecule has 0 aliphatic rings. The van der Waals surface area contributed by atoms with Crippen LogP contribution in [0.25, 0.3) is 10.9 Å². The molecular weight excluding hydrogens is 335 g/mol. The SMILES string of the molecule is O=C(Nc1ccc(C(O)CO)cc1F)c1cc2cc(Cl)ccc2[nH]1. The average molecular weight is 349 g/mol. The molecule has 0 saturated heterocycles. The summed E-state index contributed by atoms with van der Waals surface area (Å²) in [5.41, 5.74) is 1.22. The van der Waals surface area contributed by atoms with Crippen molar-refractivity contribution in [2.24, 2.45) is 0 Å². The molecule has 0 spiro atoms. The van der Waals surface area contributed by atoms with Gasteiger partial charge in [0, 0.05) is 15.9 Å². The van der Waals surface area contributed by atoms with Crippen LogP contribution in [0.1, 0.15) is 22.2 Å². The lowest BCUT2D eigenvalue weighted by Crippen LogP contribution is -2.14. The van der Waals surface area contributed by atoms with Crippen LogP contribution in [-0.2, 0) is 0 Å². The van der Waals surface area contributed by atoms with Gasteiger partial charge in [0.15, 0.2) is 0 Å². The number of anilines is 1. The maximum atomic E-state index is 14.0. The third-order valence-corrected chi connectivity index (χ3v) is 3.86. The Kier molecular flexibility index (Phi) is 4.53. The number of H-pyrrole nitrogens is 1. The van der Waals surface area contributed by atoms with Crippen molar-refractivity contribution in [1.29, 1.82) is 0 Å². The molecule has 1 amide bonds. The van der Waals surface area contributed by atoms with Crippen LogP contribution >= 0.6 is 11.6 Å². The number of rotatable bonds is 4. The van der Waals surface area contributed by atoms with Gasteiger partial charge in [-0.15, -0.1) is 0 Å². The van der Waals surface area contributed by atoms with Gasteiger partial charge in [-0.2, -0.15) is 0 Å². The Morgan fingerprint density at radius 2 is 2.04 bits per heavy atom. The molecule has 3 rings (SSSR count). The van der Waals surface area contributed by atoms with E-state index in [0.29, 0.717) is 5.02 Å². The van der Waals surface area contributed by atoms with Gasteiger partial charge in [-0.05, 0) is 42.0 Å². The number of carbonyl (C=O) groups excluding carboxylic acids is 1. The standard InChI is InChI=1S/C17H14ClFN2O3/c18-11-2-4-13-10(5-11)7-15(20-13)17(24)21-14-3-1-9(6-12(14)19)16(23)8-22/h1-7,16,20,22-23H,8H2,(H,21,24). The molecule has 7 heteroatoms. The molecular formula is C17H14ClFN2O3. The first-order valence-corrected chi connectivity index (χ1v) is 7.53. The zero-order chi connectivity index (χ0) is 17.3. The van der Waals surface area contributed by atoms with Crippen LogP contribution in [0.2, 0.25) is 5.02 Å². The van der Waals surface area contributed by atoms with E-state index in [1.165, 1.54) is 12.1 Å². The molecule has 4 N–H and O–H groups in total. The third-order valence-electron chi connectivity index (χ3n) is 3.63. The molecule has 24 heavy (non-hydrogen) atoms. The summed E-state index contributed by atoms with van der Waals surface area (Å²) >= 11 is 5.91. The molecule has 3 aromatic rings. The highest BCUT2D eigenvalue weighted by molar-refractivity contribution is 6.31. The summed E-state index contributed by atoms with van der Waals surface area (Å²) in [4.78, 5) is 15.2. The Bertz CT molecular complexity index is 910. The van der Waals surface area contributed by atoms with Crippen LogP contribution in [0.5, 0.6) is 0 Å². The van der Waals surface area contributed by atoms with E-state index in [1.54, 1.807) is 24.3 Å². The summed E-state index contributed by atoms with van der Waals surface area (Å²) in [6, 6.07) is 10.6. The van der Waals surface area contributed by atoms with E-state index in [1.807, 2.05) is 0 Å². The Morgan fingerprint density at radius 1 is 1.25 bits per heavy atom. The molecule has 0 aliphatic heterocycles. The van der Waals surface area contributed by atoms with Crippen LogP contribution in [-0.4, -0.2) is 27.7 Å². The van der Waals surface area contributed by atoms with Crippen molar-refractivity contribution in [2.75, 3.05) is 11.9 Å². The monoisotopic (exact) mass is 348 g/mol. The molecule has 1 aromatic heterocycles. The quantitative estimate of drug-likeness (QED) is 0.584. The molecule has 2 aromatic carbocycles. The molecule has 124 valence electrons. The number of amides is 1. The molecule has 5 nitrogen and oxygen atoms in total. The first-order chi connectivity index (χ1) is 11.5. The van der Waals surface area contributed by atoms with Gasteiger partial charge in [-0.25, -0.2) is 4.39 Å². The van der Waals surface area contributed by atoms with Crippen molar-refractivity contribution in [3.63, 3.8) is 0 Å². The fourth-order valence-corrected chi connectivity index (χ4v) is 2.54. The maximum Gasteiger partial charge on any atom is 0.272 e. The third kappa shape index (κ3) is 3.26. The number of nitrogens with one attached hydrogen (secondary N) is 2. The second kappa shape index (κ2) is 6.60. The molecule has 0 bridgehead atoms. The summed E-state index contributed by atoms with van der Waals surface area (Å²) in [7, 11) is 0. The summed E-state index contributed by atoms with van der Waals surface area (Å²) < 4.78 is 14.0. The largest absolute Gasteiger partial charge is 0.393 e. The number of aliphatic hydroxyl groups is 2. The van der Waals surface area contributed by atoms with Crippen molar-refractivity contribution in [2.45, 2.75) is 6.10 Å². The summed E-state index contributed by atoms with van der Waals surface area (Å²) in [6.07, 6.45) is -1.16. The lowest BCUT2D eigenvalue weighted by molar-refractivity contribution is 0.0954. The minimum atomic E-state index is -1.16. The number of benzene rings is 2. The predicted molar refractivity (Wildman–Crippen MR) is 89.7 cm³/mol. The van der Waals surface area contributed by atoms with E-state index in [-0.39, 0.29) is 16.9 Å². The molecule has 1 unspecified atom stereocenters. The number of halogens is 2. The molecule has 1 heterocycles. The zero-order valence-corrected chi connectivity index (χ0v) is 13.1. The van der Waals surface area contributed by atoms with Crippen molar-refractivity contribution >= 4 is 34.1 Å². The van der Waals surface area contributed by atoms with Crippen molar-refractivity contribution in [3.8, 4) is 0 Å². The van der Waals surface area contributed by atoms with E-state index >= 15 is 0 Å². The predicted octanol–water partition coefficient (Wildman–Crippen LogP) is 3.24.